The number of benzene rings is 1. The Bertz CT molecular complexity index is 535. The number of aliphatic hydroxyl groups is 1. The Morgan fingerprint density at radius 3 is 2.52 bits per heavy atom. The number of methoxy groups -OCH3 is 2. The van der Waals surface area contributed by atoms with Gasteiger partial charge in [-0.1, -0.05) is 0 Å². The SMILES string of the molecule is COc1ccc(/C(C)=C/C(=O)NC(C)(C)CO)c(OC)c1. The van der Waals surface area contributed by atoms with Crippen molar-refractivity contribution in [3.05, 3.63) is 29.8 Å². The molecule has 21 heavy (non-hydrogen) atoms. The fraction of sp³-hybridized carbons (Fsp3) is 0.438. The number of hydrogen-bond acceptors (Lipinski definition) is 4. The summed E-state index contributed by atoms with van der Waals surface area (Å²) in [6.45, 7) is 5.21. The van der Waals surface area contributed by atoms with E-state index in [0.717, 1.165) is 11.1 Å². The third kappa shape index (κ3) is 4.79. The van der Waals surface area contributed by atoms with Gasteiger partial charge in [0, 0.05) is 17.7 Å². The van der Waals surface area contributed by atoms with Crippen LogP contribution in [0.15, 0.2) is 24.3 Å². The largest absolute Gasteiger partial charge is 0.497 e. The van der Waals surface area contributed by atoms with E-state index in [9.17, 15) is 4.79 Å². The maximum atomic E-state index is 12.0. The molecule has 116 valence electrons. The van der Waals surface area contributed by atoms with E-state index in [4.69, 9.17) is 14.6 Å². The Labute approximate surface area is 125 Å². The Kier molecular flexibility index (Phi) is 5.79. The molecule has 1 rings (SSSR count). The van der Waals surface area contributed by atoms with E-state index in [2.05, 4.69) is 5.32 Å². The molecule has 0 fully saturated rings. The summed E-state index contributed by atoms with van der Waals surface area (Å²) in [6, 6.07) is 5.42. The zero-order chi connectivity index (χ0) is 16.0. The number of allylic oxidation sites excluding steroid dienone is 1. The third-order valence-corrected chi connectivity index (χ3v) is 3.04. The van der Waals surface area contributed by atoms with Gasteiger partial charge in [-0.25, -0.2) is 0 Å². The van der Waals surface area contributed by atoms with Gasteiger partial charge in [-0.3, -0.25) is 4.79 Å². The summed E-state index contributed by atoms with van der Waals surface area (Å²) in [5.41, 5.74) is 0.925. The number of carbonyl (C=O) groups excluding carboxylic acids is 1. The number of hydrogen-bond donors (Lipinski definition) is 2. The highest BCUT2D eigenvalue weighted by Gasteiger charge is 2.18. The quantitative estimate of drug-likeness (QED) is 0.787. The first-order chi connectivity index (χ1) is 9.82. The number of amides is 1. The van der Waals surface area contributed by atoms with Crippen LogP contribution in [-0.4, -0.2) is 37.4 Å². The molecule has 0 atom stereocenters. The average molecular weight is 293 g/mol. The predicted molar refractivity (Wildman–Crippen MR) is 82.5 cm³/mol. The van der Waals surface area contributed by atoms with Crippen LogP contribution in [0, 0.1) is 0 Å². The van der Waals surface area contributed by atoms with E-state index >= 15 is 0 Å². The smallest absolute Gasteiger partial charge is 0.244 e. The molecule has 5 nitrogen and oxygen atoms in total. The highest BCUT2D eigenvalue weighted by Crippen LogP contribution is 2.29. The summed E-state index contributed by atoms with van der Waals surface area (Å²) < 4.78 is 10.5. The molecule has 0 bridgehead atoms. The molecule has 0 aliphatic heterocycles. The standard InChI is InChI=1S/C16H23NO4/c1-11(8-15(19)17-16(2,3)10-18)13-7-6-12(20-4)9-14(13)21-5/h6-9,18H,10H2,1-5H3,(H,17,19)/b11-8+. The van der Waals surface area contributed by atoms with Crippen LogP contribution in [0.2, 0.25) is 0 Å². The van der Waals surface area contributed by atoms with Crippen LogP contribution >= 0.6 is 0 Å². The first-order valence-corrected chi connectivity index (χ1v) is 6.66. The minimum absolute atomic E-state index is 0.127. The summed E-state index contributed by atoms with van der Waals surface area (Å²) >= 11 is 0. The lowest BCUT2D eigenvalue weighted by Crippen LogP contribution is -2.45. The topological polar surface area (TPSA) is 67.8 Å². The number of ether oxygens (including phenoxy) is 2. The lowest BCUT2D eigenvalue weighted by Gasteiger charge is -2.22. The van der Waals surface area contributed by atoms with E-state index in [1.54, 1.807) is 34.1 Å². The minimum Gasteiger partial charge on any atom is -0.497 e. The van der Waals surface area contributed by atoms with E-state index < -0.39 is 5.54 Å². The molecular formula is C16H23NO4. The van der Waals surface area contributed by atoms with Gasteiger partial charge >= 0.3 is 0 Å². The van der Waals surface area contributed by atoms with Gasteiger partial charge < -0.3 is 19.9 Å². The van der Waals surface area contributed by atoms with Gasteiger partial charge in [0.25, 0.3) is 0 Å². The molecule has 0 unspecified atom stereocenters. The molecular weight excluding hydrogens is 270 g/mol. The van der Waals surface area contributed by atoms with Crippen molar-refractivity contribution in [2.75, 3.05) is 20.8 Å². The molecule has 0 aromatic heterocycles. The molecule has 1 aromatic rings. The van der Waals surface area contributed by atoms with Crippen molar-refractivity contribution in [3.8, 4) is 11.5 Å². The number of aliphatic hydroxyl groups excluding tert-OH is 1. The lowest BCUT2D eigenvalue weighted by molar-refractivity contribution is -0.118. The van der Waals surface area contributed by atoms with E-state index in [1.165, 1.54) is 6.08 Å². The van der Waals surface area contributed by atoms with Crippen molar-refractivity contribution in [2.24, 2.45) is 0 Å². The summed E-state index contributed by atoms with van der Waals surface area (Å²) in [4.78, 5) is 12.0. The number of rotatable bonds is 6. The summed E-state index contributed by atoms with van der Waals surface area (Å²) in [5.74, 6) is 1.07. The first-order valence-electron chi connectivity index (χ1n) is 6.66. The highest BCUT2D eigenvalue weighted by molar-refractivity contribution is 5.95. The second-order valence-corrected chi connectivity index (χ2v) is 5.42. The molecule has 1 aromatic carbocycles. The van der Waals surface area contributed by atoms with Gasteiger partial charge in [0.15, 0.2) is 0 Å². The van der Waals surface area contributed by atoms with E-state index in [1.807, 2.05) is 19.1 Å². The summed E-state index contributed by atoms with van der Waals surface area (Å²) in [7, 11) is 3.15. The third-order valence-electron chi connectivity index (χ3n) is 3.04. The minimum atomic E-state index is -0.655. The van der Waals surface area contributed by atoms with Gasteiger partial charge in [-0.2, -0.15) is 0 Å². The van der Waals surface area contributed by atoms with Crippen LogP contribution < -0.4 is 14.8 Å². The van der Waals surface area contributed by atoms with Crippen LogP contribution in [0.4, 0.5) is 0 Å². The maximum absolute atomic E-state index is 12.0. The molecule has 0 saturated heterocycles. The zero-order valence-electron chi connectivity index (χ0n) is 13.2. The van der Waals surface area contributed by atoms with Crippen LogP contribution in [-0.2, 0) is 4.79 Å². The normalized spacial score (nSPS) is 12.0. The molecule has 1 amide bonds. The van der Waals surface area contributed by atoms with Crippen LogP contribution in [0.25, 0.3) is 5.57 Å². The zero-order valence-corrected chi connectivity index (χ0v) is 13.2. The Morgan fingerprint density at radius 2 is 2.00 bits per heavy atom. The molecule has 0 heterocycles. The highest BCUT2D eigenvalue weighted by atomic mass is 16.5. The average Bonchev–Trinajstić information content (AvgIpc) is 2.45. The first kappa shape index (κ1) is 17.0. The van der Waals surface area contributed by atoms with Crippen LogP contribution in [0.1, 0.15) is 26.3 Å². The second kappa shape index (κ2) is 7.13. The molecule has 0 radical (unpaired) electrons. The van der Waals surface area contributed by atoms with Gasteiger partial charge in [-0.05, 0) is 38.5 Å². The number of carbonyl (C=O) groups is 1. The maximum Gasteiger partial charge on any atom is 0.244 e. The molecule has 0 saturated carbocycles. The molecule has 5 heteroatoms. The van der Waals surface area contributed by atoms with Crippen LogP contribution in [0.3, 0.4) is 0 Å². The summed E-state index contributed by atoms with van der Waals surface area (Å²) in [6.07, 6.45) is 1.49. The fourth-order valence-electron chi connectivity index (χ4n) is 1.81. The fourth-order valence-corrected chi connectivity index (χ4v) is 1.81. The predicted octanol–water partition coefficient (Wildman–Crippen LogP) is 1.99. The summed E-state index contributed by atoms with van der Waals surface area (Å²) in [5, 5.41) is 11.9. The van der Waals surface area contributed by atoms with Crippen molar-refractivity contribution < 1.29 is 19.4 Å². The van der Waals surface area contributed by atoms with Gasteiger partial charge in [0.1, 0.15) is 11.5 Å². The molecule has 2 N–H and O–H groups in total. The Morgan fingerprint density at radius 1 is 1.33 bits per heavy atom. The van der Waals surface area contributed by atoms with Crippen molar-refractivity contribution in [2.45, 2.75) is 26.3 Å². The van der Waals surface area contributed by atoms with Crippen molar-refractivity contribution in [1.29, 1.82) is 0 Å². The monoisotopic (exact) mass is 293 g/mol. The number of nitrogens with one attached hydrogen (secondary N) is 1. The molecule has 0 aliphatic carbocycles. The van der Waals surface area contributed by atoms with Crippen molar-refractivity contribution in [1.82, 2.24) is 5.32 Å². The second-order valence-electron chi connectivity index (χ2n) is 5.42. The lowest BCUT2D eigenvalue weighted by atomic mass is 10.0. The van der Waals surface area contributed by atoms with E-state index in [-0.39, 0.29) is 12.5 Å². The molecule has 0 aliphatic rings. The van der Waals surface area contributed by atoms with Gasteiger partial charge in [0.05, 0.1) is 26.4 Å². The van der Waals surface area contributed by atoms with Crippen molar-refractivity contribution in [3.63, 3.8) is 0 Å². The van der Waals surface area contributed by atoms with Crippen molar-refractivity contribution >= 4 is 11.5 Å². The Balaban J connectivity index is 2.99. The van der Waals surface area contributed by atoms with E-state index in [0.29, 0.717) is 11.5 Å². The van der Waals surface area contributed by atoms with Gasteiger partial charge in [-0.15, -0.1) is 0 Å². The molecule has 0 spiro atoms. The van der Waals surface area contributed by atoms with Gasteiger partial charge in [0.2, 0.25) is 5.91 Å². The van der Waals surface area contributed by atoms with Crippen LogP contribution in [0.5, 0.6) is 11.5 Å². The Hall–Kier alpha value is -2.01.